The summed E-state index contributed by atoms with van der Waals surface area (Å²) in [6, 6.07) is 13.7. The van der Waals surface area contributed by atoms with Crippen molar-refractivity contribution in [1.29, 1.82) is 0 Å². The number of aliphatic imine (C=N–C) groups is 1. The molecule has 2 aromatic rings. The van der Waals surface area contributed by atoms with Crippen molar-refractivity contribution in [1.82, 2.24) is 0 Å². The first kappa shape index (κ1) is 13.4. The van der Waals surface area contributed by atoms with Crippen LogP contribution in [0.1, 0.15) is 12.0 Å². The molecule has 3 rings (SSSR count). The van der Waals surface area contributed by atoms with E-state index in [0.29, 0.717) is 17.1 Å². The molecule has 0 aromatic heterocycles. The quantitative estimate of drug-likeness (QED) is 0.730. The molecular formula is C15H13N3O3. The lowest BCUT2D eigenvalue weighted by atomic mass is 10.1. The highest BCUT2D eigenvalue weighted by Crippen LogP contribution is 2.28. The van der Waals surface area contributed by atoms with E-state index in [4.69, 9.17) is 5.21 Å². The zero-order chi connectivity index (χ0) is 14.8. The van der Waals surface area contributed by atoms with Crippen LogP contribution in [0.4, 0.5) is 17.1 Å². The highest BCUT2D eigenvalue weighted by atomic mass is 16.8. The number of nitrogens with one attached hydrogen (secondary N) is 2. The number of amides is 1. The number of anilines is 1. The molecule has 0 saturated carbocycles. The van der Waals surface area contributed by atoms with E-state index < -0.39 is 5.23 Å². The molecule has 0 spiro atoms. The molecule has 1 unspecified atom stereocenters. The van der Waals surface area contributed by atoms with Crippen LogP contribution in [0.2, 0.25) is 0 Å². The number of carbonyl (C=O) groups excluding carboxylic acids is 1. The minimum absolute atomic E-state index is 0.138. The van der Waals surface area contributed by atoms with Gasteiger partial charge in [0.15, 0.2) is 5.69 Å². The Hall–Kier alpha value is -2.54. The molecule has 0 bridgehead atoms. The zero-order valence-corrected chi connectivity index (χ0v) is 11.0. The van der Waals surface area contributed by atoms with Crippen LogP contribution in [0.5, 0.6) is 0 Å². The minimum Gasteiger partial charge on any atom is -0.595 e. The predicted molar refractivity (Wildman–Crippen MR) is 78.1 cm³/mol. The summed E-state index contributed by atoms with van der Waals surface area (Å²) < 4.78 is 0. The topological polar surface area (TPSA) is 89.2 Å². The summed E-state index contributed by atoms with van der Waals surface area (Å²) >= 11 is 0. The van der Waals surface area contributed by atoms with E-state index in [1.165, 1.54) is 12.1 Å². The summed E-state index contributed by atoms with van der Waals surface area (Å²) in [5, 5.41) is 21.6. The van der Waals surface area contributed by atoms with Crippen LogP contribution in [0.25, 0.3) is 0 Å². The van der Waals surface area contributed by atoms with Gasteiger partial charge in [0.2, 0.25) is 5.91 Å². The highest BCUT2D eigenvalue weighted by Gasteiger charge is 2.17. The van der Waals surface area contributed by atoms with Crippen molar-refractivity contribution in [2.75, 3.05) is 5.32 Å². The number of carbonyl (C=O) groups is 1. The third-order valence-electron chi connectivity index (χ3n) is 3.23. The number of nitrogens with zero attached hydrogens (tertiary/aromatic N) is 1. The number of para-hydroxylation sites is 2. The van der Waals surface area contributed by atoms with E-state index >= 15 is 0 Å². The number of fused-ring (bicyclic) bond motifs is 1. The average molecular weight is 283 g/mol. The summed E-state index contributed by atoms with van der Waals surface area (Å²) in [6.07, 6.45) is 0.154. The maximum atomic E-state index is 11.9. The predicted octanol–water partition coefficient (Wildman–Crippen LogP) is 1.55. The van der Waals surface area contributed by atoms with E-state index in [9.17, 15) is 10.0 Å². The van der Waals surface area contributed by atoms with Crippen molar-refractivity contribution >= 4 is 28.7 Å². The lowest BCUT2D eigenvalue weighted by Gasteiger charge is -2.11. The Morgan fingerprint density at radius 1 is 1.14 bits per heavy atom. The standard InChI is InChI=1S/C15H13N3O3/c19-15-9-14(10-5-7-11(8-6-10)18(20)21)16-12-3-1-2-4-13(12)17-15/h1-8,18,20H,9H2,(H,17,19). The number of hydrogen-bond acceptors (Lipinski definition) is 4. The molecule has 0 aliphatic carbocycles. The summed E-state index contributed by atoms with van der Waals surface area (Å²) in [5.41, 5.74) is 2.94. The summed E-state index contributed by atoms with van der Waals surface area (Å²) in [4.78, 5) is 16.4. The van der Waals surface area contributed by atoms with Crippen LogP contribution in [0.3, 0.4) is 0 Å². The van der Waals surface area contributed by atoms with Gasteiger partial charge >= 0.3 is 0 Å². The second-order valence-corrected chi connectivity index (χ2v) is 4.68. The Balaban J connectivity index is 2.01. The van der Waals surface area contributed by atoms with Gasteiger partial charge < -0.3 is 10.5 Å². The molecule has 6 nitrogen and oxygen atoms in total. The van der Waals surface area contributed by atoms with Crippen molar-refractivity contribution in [3.63, 3.8) is 0 Å². The molecule has 1 amide bonds. The van der Waals surface area contributed by atoms with Crippen LogP contribution >= 0.6 is 0 Å². The van der Waals surface area contributed by atoms with E-state index in [0.717, 1.165) is 5.56 Å². The second-order valence-electron chi connectivity index (χ2n) is 4.68. The first-order valence-corrected chi connectivity index (χ1v) is 6.43. The highest BCUT2D eigenvalue weighted by molar-refractivity contribution is 6.16. The lowest BCUT2D eigenvalue weighted by molar-refractivity contribution is -0.991. The van der Waals surface area contributed by atoms with Crippen LogP contribution in [-0.4, -0.2) is 16.8 Å². The van der Waals surface area contributed by atoms with E-state index in [1.54, 1.807) is 18.2 Å². The van der Waals surface area contributed by atoms with Crippen molar-refractivity contribution in [3.05, 3.63) is 59.3 Å². The Bertz CT molecular complexity index is 708. The van der Waals surface area contributed by atoms with Gasteiger partial charge in [-0.05, 0) is 29.8 Å². The summed E-state index contributed by atoms with van der Waals surface area (Å²) in [5.74, 6) is -0.138. The third kappa shape index (κ3) is 2.82. The third-order valence-corrected chi connectivity index (χ3v) is 3.23. The van der Waals surface area contributed by atoms with Crippen molar-refractivity contribution in [2.45, 2.75) is 6.42 Å². The first-order valence-electron chi connectivity index (χ1n) is 6.43. The van der Waals surface area contributed by atoms with Gasteiger partial charge in [0.25, 0.3) is 0 Å². The SMILES string of the molecule is O=C1CC(c2ccc([NH+]([O-])O)cc2)=Nc2ccccc2N1. The summed E-state index contributed by atoms with van der Waals surface area (Å²) in [7, 11) is 0. The maximum Gasteiger partial charge on any atom is 0.230 e. The maximum absolute atomic E-state index is 11.9. The number of benzene rings is 2. The van der Waals surface area contributed by atoms with Crippen LogP contribution in [0.15, 0.2) is 53.5 Å². The Kier molecular flexibility index (Phi) is 3.49. The minimum atomic E-state index is -0.979. The Morgan fingerprint density at radius 3 is 2.57 bits per heavy atom. The normalized spacial score (nSPS) is 15.5. The smallest absolute Gasteiger partial charge is 0.230 e. The summed E-state index contributed by atoms with van der Waals surface area (Å²) in [6.45, 7) is 0. The lowest BCUT2D eigenvalue weighted by Crippen LogP contribution is -2.99. The van der Waals surface area contributed by atoms with Gasteiger partial charge in [-0.3, -0.25) is 9.79 Å². The Morgan fingerprint density at radius 2 is 1.86 bits per heavy atom. The van der Waals surface area contributed by atoms with E-state index in [1.807, 2.05) is 18.2 Å². The average Bonchev–Trinajstić information content (AvgIpc) is 2.65. The van der Waals surface area contributed by atoms with Crippen LogP contribution in [0, 0.1) is 5.21 Å². The fraction of sp³-hybridized carbons (Fsp3) is 0.0667. The van der Waals surface area contributed by atoms with E-state index in [2.05, 4.69) is 10.3 Å². The molecule has 1 aliphatic rings. The molecular weight excluding hydrogens is 270 g/mol. The van der Waals surface area contributed by atoms with E-state index in [-0.39, 0.29) is 18.0 Å². The van der Waals surface area contributed by atoms with Gasteiger partial charge in [0.1, 0.15) is 0 Å². The number of rotatable bonds is 2. The number of hydrogen-bond donors (Lipinski definition) is 3. The molecule has 0 radical (unpaired) electrons. The molecule has 6 heteroatoms. The molecule has 1 atom stereocenters. The fourth-order valence-corrected chi connectivity index (χ4v) is 2.18. The molecule has 2 aromatic carbocycles. The molecule has 3 N–H and O–H groups in total. The molecule has 0 fully saturated rings. The monoisotopic (exact) mass is 283 g/mol. The van der Waals surface area contributed by atoms with Crippen molar-refractivity contribution < 1.29 is 15.2 Å². The van der Waals surface area contributed by atoms with Gasteiger partial charge in [-0.15, -0.1) is 0 Å². The second kappa shape index (κ2) is 5.45. The molecule has 1 aliphatic heterocycles. The number of quaternary nitrogens is 1. The zero-order valence-electron chi connectivity index (χ0n) is 11.0. The first-order chi connectivity index (χ1) is 10.1. The van der Waals surface area contributed by atoms with Gasteiger partial charge in [0.05, 0.1) is 23.5 Å². The fourth-order valence-electron chi connectivity index (χ4n) is 2.18. The van der Waals surface area contributed by atoms with Gasteiger partial charge in [-0.25, -0.2) is 5.21 Å². The van der Waals surface area contributed by atoms with Crippen molar-refractivity contribution in [3.8, 4) is 0 Å². The molecule has 0 saturated heterocycles. The van der Waals surface area contributed by atoms with Gasteiger partial charge in [-0.2, -0.15) is 5.23 Å². The largest absolute Gasteiger partial charge is 0.595 e. The van der Waals surface area contributed by atoms with Crippen LogP contribution < -0.4 is 10.5 Å². The molecule has 21 heavy (non-hydrogen) atoms. The Labute approximate surface area is 120 Å². The van der Waals surface area contributed by atoms with Crippen LogP contribution in [-0.2, 0) is 4.79 Å². The van der Waals surface area contributed by atoms with Crippen molar-refractivity contribution in [2.24, 2.45) is 4.99 Å². The van der Waals surface area contributed by atoms with Gasteiger partial charge in [-0.1, -0.05) is 12.1 Å². The molecule has 106 valence electrons. The van der Waals surface area contributed by atoms with Gasteiger partial charge in [0, 0.05) is 12.1 Å². The molecule has 1 heterocycles.